The minimum atomic E-state index is 0.529. The van der Waals surface area contributed by atoms with Crippen LogP contribution in [0.5, 0.6) is 0 Å². The number of fused-ring (bicyclic) bond motifs is 1. The number of nitrogens with zero attached hydrogens (tertiary/aromatic N) is 4. The van der Waals surface area contributed by atoms with Gasteiger partial charge in [-0.3, -0.25) is 15.0 Å². The Morgan fingerprint density at radius 3 is 1.51 bits per heavy atom. The van der Waals surface area contributed by atoms with Crippen molar-refractivity contribution in [3.05, 3.63) is 156 Å². The normalized spacial score (nSPS) is 10.4. The van der Waals surface area contributed by atoms with Crippen molar-refractivity contribution in [2.45, 2.75) is 106 Å². The Kier molecular flexibility index (Phi) is 18.7. The zero-order chi connectivity index (χ0) is 36.2. The van der Waals surface area contributed by atoms with E-state index in [0.717, 1.165) is 5.69 Å². The monoisotopic (exact) mass is 674 g/mol. The number of aryl methyl sites for hydroxylation is 1. The third kappa shape index (κ3) is 15.7. The van der Waals surface area contributed by atoms with Crippen LogP contribution in [0.4, 0.5) is 0 Å². The van der Waals surface area contributed by atoms with Gasteiger partial charge >= 0.3 is 0 Å². The third-order valence-corrected chi connectivity index (χ3v) is 8.42. The van der Waals surface area contributed by atoms with Gasteiger partial charge in [0, 0.05) is 41.6 Å². The van der Waals surface area contributed by atoms with E-state index in [2.05, 4.69) is 162 Å². The SMILES string of the molecule is CC(C)c1ccccc1.CC(C)c1ccccn1.CC(C)c1cccnc1.CC(C)c1nsc2ccccc12.Cc1ccc(C(C)C)nc1. The molecule has 260 valence electrons. The van der Waals surface area contributed by atoms with Crippen LogP contribution in [-0.2, 0) is 0 Å². The number of pyridine rings is 3. The smallest absolute Gasteiger partial charge is 0.0646 e. The fourth-order valence-corrected chi connectivity index (χ4v) is 5.33. The van der Waals surface area contributed by atoms with Crippen molar-refractivity contribution in [3.63, 3.8) is 0 Å². The molecule has 4 heterocycles. The number of benzene rings is 2. The number of hydrogen-bond donors (Lipinski definition) is 0. The molecule has 2 aromatic carbocycles. The van der Waals surface area contributed by atoms with E-state index in [1.807, 2.05) is 48.9 Å². The molecule has 0 amide bonds. The minimum Gasteiger partial charge on any atom is -0.264 e. The lowest BCUT2D eigenvalue weighted by molar-refractivity contribution is 0.821. The minimum absolute atomic E-state index is 0.529. The first-order chi connectivity index (χ1) is 23.4. The van der Waals surface area contributed by atoms with Crippen molar-refractivity contribution < 1.29 is 0 Å². The first kappa shape index (κ1) is 41.0. The van der Waals surface area contributed by atoms with Crippen LogP contribution in [0.25, 0.3) is 10.1 Å². The van der Waals surface area contributed by atoms with Crippen molar-refractivity contribution in [1.29, 1.82) is 0 Å². The van der Waals surface area contributed by atoms with E-state index in [1.165, 1.54) is 38.2 Å². The standard InChI is InChI=1S/C10H11NS.C9H13N.C9H12.2C8H11N/c1-7(2)10-8-5-3-4-6-9(8)12-11-10;1-7(2)9-5-4-8(3)6-10-9;1-8(2)9-6-4-3-5-7-9;1-7(2)8-4-3-5-9-6-8;1-7(2)8-5-3-4-6-9-8/h3-7H,1-2H3;4-7H,1-3H3;3-8H,1-2H3;2*3-7H,1-2H3. The van der Waals surface area contributed by atoms with Gasteiger partial charge < -0.3 is 0 Å². The Labute approximate surface area is 301 Å². The molecule has 0 saturated carbocycles. The quantitative estimate of drug-likeness (QED) is 0.183. The summed E-state index contributed by atoms with van der Waals surface area (Å²) >= 11 is 1.59. The highest BCUT2D eigenvalue weighted by molar-refractivity contribution is 7.13. The van der Waals surface area contributed by atoms with Crippen LogP contribution >= 0.6 is 11.5 Å². The fraction of sp³-hybridized carbons (Fsp3) is 0.364. The lowest BCUT2D eigenvalue weighted by atomic mass is 10.0. The average molecular weight is 675 g/mol. The summed E-state index contributed by atoms with van der Waals surface area (Å²) in [5.74, 6) is 2.87. The second-order valence-electron chi connectivity index (χ2n) is 13.5. The highest BCUT2D eigenvalue weighted by atomic mass is 32.1. The summed E-state index contributed by atoms with van der Waals surface area (Å²) < 4.78 is 5.73. The van der Waals surface area contributed by atoms with Gasteiger partial charge in [-0.2, -0.15) is 4.37 Å². The molecule has 5 heteroatoms. The average Bonchev–Trinajstić information content (AvgIpc) is 3.56. The predicted molar refractivity (Wildman–Crippen MR) is 214 cm³/mol. The van der Waals surface area contributed by atoms with Crippen molar-refractivity contribution in [1.82, 2.24) is 19.3 Å². The zero-order valence-corrected chi connectivity index (χ0v) is 32.4. The van der Waals surface area contributed by atoms with Crippen LogP contribution in [-0.4, -0.2) is 19.3 Å². The van der Waals surface area contributed by atoms with E-state index in [9.17, 15) is 0 Å². The maximum Gasteiger partial charge on any atom is 0.0646 e. The number of hydrogen-bond acceptors (Lipinski definition) is 5. The van der Waals surface area contributed by atoms with E-state index in [4.69, 9.17) is 0 Å². The molecule has 4 aromatic heterocycles. The molecule has 6 rings (SSSR count). The van der Waals surface area contributed by atoms with Gasteiger partial charge in [0.25, 0.3) is 0 Å². The van der Waals surface area contributed by atoms with Gasteiger partial charge in [0.1, 0.15) is 0 Å². The summed E-state index contributed by atoms with van der Waals surface area (Å²) in [4.78, 5) is 12.5. The highest BCUT2D eigenvalue weighted by Crippen LogP contribution is 2.27. The molecular weight excluding hydrogens is 617 g/mol. The molecule has 0 bridgehead atoms. The van der Waals surface area contributed by atoms with Crippen LogP contribution in [0.15, 0.2) is 122 Å². The summed E-state index contributed by atoms with van der Waals surface area (Å²) in [6.07, 6.45) is 7.45. The lowest BCUT2D eigenvalue weighted by Gasteiger charge is -2.02. The molecule has 0 fully saturated rings. The Morgan fingerprint density at radius 1 is 0.469 bits per heavy atom. The van der Waals surface area contributed by atoms with Gasteiger partial charge in [0.2, 0.25) is 0 Å². The van der Waals surface area contributed by atoms with Crippen molar-refractivity contribution in [2.24, 2.45) is 0 Å². The van der Waals surface area contributed by atoms with Crippen molar-refractivity contribution >= 4 is 21.6 Å². The fourth-order valence-electron chi connectivity index (χ4n) is 4.42. The molecule has 0 aliphatic rings. The zero-order valence-electron chi connectivity index (χ0n) is 31.6. The van der Waals surface area contributed by atoms with Crippen LogP contribution in [0.2, 0.25) is 0 Å². The van der Waals surface area contributed by atoms with Crippen molar-refractivity contribution in [2.75, 3.05) is 0 Å². The van der Waals surface area contributed by atoms with Crippen LogP contribution in [0.1, 0.15) is 133 Å². The second kappa shape index (κ2) is 22.4. The summed E-state index contributed by atoms with van der Waals surface area (Å²) in [5.41, 5.74) is 7.51. The molecule has 0 atom stereocenters. The Balaban J connectivity index is 0.000000214. The van der Waals surface area contributed by atoms with E-state index >= 15 is 0 Å². The van der Waals surface area contributed by atoms with Gasteiger partial charge in [-0.1, -0.05) is 136 Å². The molecule has 49 heavy (non-hydrogen) atoms. The molecule has 0 N–H and O–H groups in total. The van der Waals surface area contributed by atoms with Gasteiger partial charge in [-0.25, -0.2) is 0 Å². The van der Waals surface area contributed by atoms with Crippen LogP contribution in [0.3, 0.4) is 0 Å². The summed E-state index contributed by atoms with van der Waals surface area (Å²) in [6, 6.07) is 33.2. The van der Waals surface area contributed by atoms with Crippen LogP contribution in [0, 0.1) is 6.92 Å². The topological polar surface area (TPSA) is 51.6 Å². The van der Waals surface area contributed by atoms with Gasteiger partial charge in [0.05, 0.1) is 10.4 Å². The molecule has 4 nitrogen and oxygen atoms in total. The second-order valence-corrected chi connectivity index (χ2v) is 14.4. The Bertz CT molecular complexity index is 1570. The van der Waals surface area contributed by atoms with Crippen molar-refractivity contribution in [3.8, 4) is 0 Å². The molecular formula is C44H58N4S. The largest absolute Gasteiger partial charge is 0.264 e. The van der Waals surface area contributed by atoms with Gasteiger partial charge in [-0.05, 0) is 95.1 Å². The predicted octanol–water partition coefficient (Wildman–Crippen LogP) is 13.2. The lowest BCUT2D eigenvalue weighted by Crippen LogP contribution is -1.90. The Morgan fingerprint density at radius 2 is 1.06 bits per heavy atom. The maximum absolute atomic E-state index is 4.44. The molecule has 0 unspecified atom stereocenters. The summed E-state index contributed by atoms with van der Waals surface area (Å²) in [7, 11) is 0. The summed E-state index contributed by atoms with van der Waals surface area (Å²) in [6.45, 7) is 23.7. The molecule has 0 spiro atoms. The van der Waals surface area contributed by atoms with E-state index < -0.39 is 0 Å². The van der Waals surface area contributed by atoms with E-state index in [1.54, 1.807) is 17.7 Å². The summed E-state index contributed by atoms with van der Waals surface area (Å²) in [5, 5.41) is 1.32. The molecule has 0 radical (unpaired) electrons. The first-order valence-corrected chi connectivity index (χ1v) is 18.3. The van der Waals surface area contributed by atoms with E-state index in [0.29, 0.717) is 29.6 Å². The van der Waals surface area contributed by atoms with E-state index in [-0.39, 0.29) is 0 Å². The highest BCUT2D eigenvalue weighted by Gasteiger charge is 2.07. The molecule has 0 aliphatic carbocycles. The first-order valence-electron chi connectivity index (χ1n) is 17.5. The number of aromatic nitrogens is 4. The maximum atomic E-state index is 4.44. The van der Waals surface area contributed by atoms with Crippen LogP contribution < -0.4 is 0 Å². The van der Waals surface area contributed by atoms with Gasteiger partial charge in [-0.15, -0.1) is 0 Å². The third-order valence-electron chi connectivity index (χ3n) is 7.57. The molecule has 0 aliphatic heterocycles. The Hall–Kier alpha value is -4.22. The molecule has 0 saturated heterocycles. The number of rotatable bonds is 5. The molecule has 6 aromatic rings. The van der Waals surface area contributed by atoms with Gasteiger partial charge in [0.15, 0.2) is 0 Å².